The van der Waals surface area contributed by atoms with Crippen LogP contribution in [0.2, 0.25) is 0 Å². The SMILES string of the molecule is CN1C[C@@H]2CN(C(F)(F)F)C[C@H]2C1. The van der Waals surface area contributed by atoms with Gasteiger partial charge in [0.05, 0.1) is 0 Å². The zero-order valence-electron chi connectivity index (χ0n) is 7.51. The molecule has 0 N–H and O–H groups in total. The molecule has 2 atom stereocenters. The van der Waals surface area contributed by atoms with E-state index < -0.39 is 6.30 Å². The average Bonchev–Trinajstić information content (AvgIpc) is 2.40. The van der Waals surface area contributed by atoms with Crippen LogP contribution in [0, 0.1) is 11.8 Å². The summed E-state index contributed by atoms with van der Waals surface area (Å²) in [5.74, 6) is 0.457. The standard InChI is InChI=1S/C8H13F3N2/c1-12-2-6-4-13(8(9,10)11)5-7(6)3-12/h6-7H,2-5H2,1H3/t6-,7-/m1/s1. The van der Waals surface area contributed by atoms with Crippen molar-refractivity contribution >= 4 is 0 Å². The van der Waals surface area contributed by atoms with Crippen molar-refractivity contribution < 1.29 is 13.2 Å². The van der Waals surface area contributed by atoms with Crippen molar-refractivity contribution in [1.82, 2.24) is 9.80 Å². The molecule has 0 aliphatic carbocycles. The topological polar surface area (TPSA) is 6.48 Å². The Labute approximate surface area is 75.3 Å². The molecule has 2 nitrogen and oxygen atoms in total. The molecule has 13 heavy (non-hydrogen) atoms. The number of alkyl halides is 3. The summed E-state index contributed by atoms with van der Waals surface area (Å²) in [4.78, 5) is 2.76. The smallest absolute Gasteiger partial charge is 0.306 e. The van der Waals surface area contributed by atoms with E-state index in [9.17, 15) is 13.2 Å². The Morgan fingerprint density at radius 2 is 1.46 bits per heavy atom. The molecule has 0 spiro atoms. The summed E-state index contributed by atoms with van der Waals surface area (Å²) in [7, 11) is 1.97. The fraction of sp³-hybridized carbons (Fsp3) is 1.00. The van der Waals surface area contributed by atoms with Crippen molar-refractivity contribution in [3.05, 3.63) is 0 Å². The van der Waals surface area contributed by atoms with Crippen LogP contribution in [0.5, 0.6) is 0 Å². The zero-order valence-corrected chi connectivity index (χ0v) is 7.51. The van der Waals surface area contributed by atoms with Crippen LogP contribution in [0.4, 0.5) is 13.2 Å². The molecule has 5 heteroatoms. The molecular weight excluding hydrogens is 181 g/mol. The number of likely N-dealkylation sites (tertiary alicyclic amines) is 2. The Kier molecular flexibility index (Phi) is 2.03. The molecule has 0 bridgehead atoms. The molecule has 0 unspecified atom stereocenters. The number of hydrogen-bond acceptors (Lipinski definition) is 2. The van der Waals surface area contributed by atoms with Crippen molar-refractivity contribution in [1.29, 1.82) is 0 Å². The van der Waals surface area contributed by atoms with Gasteiger partial charge in [0.2, 0.25) is 0 Å². The van der Waals surface area contributed by atoms with E-state index in [1.807, 2.05) is 7.05 Å². The lowest BCUT2D eigenvalue weighted by molar-refractivity contribution is -0.240. The predicted molar refractivity (Wildman–Crippen MR) is 42.1 cm³/mol. The third-order valence-electron chi connectivity index (χ3n) is 3.03. The second-order valence-corrected chi connectivity index (χ2v) is 4.11. The van der Waals surface area contributed by atoms with Crippen molar-refractivity contribution in [3.63, 3.8) is 0 Å². The lowest BCUT2D eigenvalue weighted by Gasteiger charge is -2.21. The second-order valence-electron chi connectivity index (χ2n) is 4.11. The lowest BCUT2D eigenvalue weighted by atomic mass is 10.0. The van der Waals surface area contributed by atoms with Crippen LogP contribution < -0.4 is 0 Å². The number of rotatable bonds is 0. The van der Waals surface area contributed by atoms with Gasteiger partial charge in [0.25, 0.3) is 0 Å². The van der Waals surface area contributed by atoms with Gasteiger partial charge in [0.1, 0.15) is 0 Å². The van der Waals surface area contributed by atoms with Crippen molar-refractivity contribution in [3.8, 4) is 0 Å². The van der Waals surface area contributed by atoms with Gasteiger partial charge in [-0.25, -0.2) is 4.90 Å². The van der Waals surface area contributed by atoms with Crippen LogP contribution in [0.15, 0.2) is 0 Å². The van der Waals surface area contributed by atoms with E-state index >= 15 is 0 Å². The summed E-state index contributed by atoms with van der Waals surface area (Å²) in [6.07, 6.45) is -4.12. The fourth-order valence-electron chi connectivity index (χ4n) is 2.43. The summed E-state index contributed by atoms with van der Waals surface area (Å²) < 4.78 is 36.8. The second kappa shape index (κ2) is 2.85. The summed E-state index contributed by atoms with van der Waals surface area (Å²) in [6.45, 7) is 2.02. The van der Waals surface area contributed by atoms with Crippen molar-refractivity contribution in [2.24, 2.45) is 11.8 Å². The van der Waals surface area contributed by atoms with E-state index in [4.69, 9.17) is 0 Å². The minimum absolute atomic E-state index is 0.193. The summed E-state index contributed by atoms with van der Waals surface area (Å²) in [5, 5.41) is 0. The van der Waals surface area contributed by atoms with Crippen LogP contribution in [0.1, 0.15) is 0 Å². The number of nitrogens with zero attached hydrogens (tertiary/aromatic N) is 2. The van der Waals surface area contributed by atoms with Crippen molar-refractivity contribution in [2.75, 3.05) is 33.2 Å². The normalized spacial score (nSPS) is 36.9. The molecule has 76 valence electrons. The Morgan fingerprint density at radius 1 is 1.00 bits per heavy atom. The van der Waals surface area contributed by atoms with Crippen LogP contribution in [-0.2, 0) is 0 Å². The molecule has 0 saturated carbocycles. The maximum absolute atomic E-state index is 12.3. The van der Waals surface area contributed by atoms with Gasteiger partial charge in [-0.1, -0.05) is 0 Å². The number of fused-ring (bicyclic) bond motifs is 1. The third-order valence-corrected chi connectivity index (χ3v) is 3.03. The van der Waals surface area contributed by atoms with E-state index in [-0.39, 0.29) is 24.9 Å². The molecule has 2 aliphatic rings. The molecule has 2 aliphatic heterocycles. The quantitative estimate of drug-likeness (QED) is 0.531. The Balaban J connectivity index is 1.98. The first-order valence-corrected chi connectivity index (χ1v) is 4.47. The minimum Gasteiger partial charge on any atom is -0.306 e. The summed E-state index contributed by atoms with van der Waals surface area (Å²) >= 11 is 0. The molecule has 0 amide bonds. The first-order chi connectivity index (χ1) is 5.97. The lowest BCUT2D eigenvalue weighted by Crippen LogP contribution is -2.38. The Hall–Kier alpha value is -0.290. The highest BCUT2D eigenvalue weighted by Crippen LogP contribution is 2.35. The maximum atomic E-state index is 12.3. The maximum Gasteiger partial charge on any atom is 0.459 e. The first kappa shape index (κ1) is 9.27. The van der Waals surface area contributed by atoms with Gasteiger partial charge in [-0.15, -0.1) is 0 Å². The van der Waals surface area contributed by atoms with Gasteiger partial charge in [0.15, 0.2) is 0 Å². The molecule has 0 aromatic heterocycles. The molecule has 0 aromatic carbocycles. The molecule has 2 fully saturated rings. The first-order valence-electron chi connectivity index (χ1n) is 4.47. The monoisotopic (exact) mass is 194 g/mol. The van der Waals surface area contributed by atoms with Crippen LogP contribution in [0.25, 0.3) is 0 Å². The van der Waals surface area contributed by atoms with E-state index in [0.29, 0.717) is 4.90 Å². The third kappa shape index (κ3) is 1.67. The van der Waals surface area contributed by atoms with E-state index in [2.05, 4.69) is 4.90 Å². The molecule has 0 radical (unpaired) electrons. The number of hydrogen-bond donors (Lipinski definition) is 0. The largest absolute Gasteiger partial charge is 0.459 e. The van der Waals surface area contributed by atoms with Gasteiger partial charge < -0.3 is 4.90 Å². The molecule has 2 heterocycles. The molecular formula is C8H13F3N2. The van der Waals surface area contributed by atoms with Gasteiger partial charge in [-0.05, 0) is 18.9 Å². The highest BCUT2D eigenvalue weighted by molar-refractivity contribution is 4.92. The Bertz CT molecular complexity index is 190. The predicted octanol–water partition coefficient (Wildman–Crippen LogP) is 1.000. The van der Waals surface area contributed by atoms with Crippen LogP contribution in [0.3, 0.4) is 0 Å². The van der Waals surface area contributed by atoms with Gasteiger partial charge in [-0.2, -0.15) is 13.2 Å². The fourth-order valence-corrected chi connectivity index (χ4v) is 2.43. The van der Waals surface area contributed by atoms with E-state index in [1.165, 1.54) is 0 Å². The Morgan fingerprint density at radius 3 is 1.85 bits per heavy atom. The van der Waals surface area contributed by atoms with Crippen LogP contribution >= 0.6 is 0 Å². The molecule has 2 saturated heterocycles. The molecule has 2 rings (SSSR count). The van der Waals surface area contributed by atoms with Gasteiger partial charge >= 0.3 is 6.30 Å². The average molecular weight is 194 g/mol. The van der Waals surface area contributed by atoms with Gasteiger partial charge in [-0.3, -0.25) is 0 Å². The highest BCUT2D eigenvalue weighted by Gasteiger charge is 2.48. The number of halogens is 3. The van der Waals surface area contributed by atoms with E-state index in [1.54, 1.807) is 0 Å². The highest BCUT2D eigenvalue weighted by atomic mass is 19.4. The van der Waals surface area contributed by atoms with Crippen LogP contribution in [-0.4, -0.2) is 49.3 Å². The zero-order chi connectivity index (χ0) is 9.64. The van der Waals surface area contributed by atoms with E-state index in [0.717, 1.165) is 13.1 Å². The van der Waals surface area contributed by atoms with Gasteiger partial charge in [0, 0.05) is 26.2 Å². The molecule has 0 aromatic rings. The minimum atomic E-state index is -4.12. The van der Waals surface area contributed by atoms with Crippen molar-refractivity contribution in [2.45, 2.75) is 6.30 Å². The summed E-state index contributed by atoms with van der Waals surface area (Å²) in [6, 6.07) is 0. The summed E-state index contributed by atoms with van der Waals surface area (Å²) in [5.41, 5.74) is 0.